The predicted octanol–water partition coefficient (Wildman–Crippen LogP) is 3.48. The van der Waals surface area contributed by atoms with E-state index in [2.05, 4.69) is 10.6 Å². The lowest BCUT2D eigenvalue weighted by Crippen LogP contribution is -2.50. The first-order chi connectivity index (χ1) is 9.61. The highest BCUT2D eigenvalue weighted by Crippen LogP contribution is 2.31. The maximum absolute atomic E-state index is 11.7. The molecule has 0 aliphatic heterocycles. The van der Waals surface area contributed by atoms with Crippen LogP contribution in [0.2, 0.25) is 0 Å². The lowest BCUT2D eigenvalue weighted by Gasteiger charge is -2.28. The van der Waals surface area contributed by atoms with Gasteiger partial charge in [0.05, 0.1) is 4.92 Å². The lowest BCUT2D eigenvalue weighted by atomic mass is 10.2. The third kappa shape index (κ3) is 5.57. The number of rotatable bonds is 5. The van der Waals surface area contributed by atoms with Gasteiger partial charge in [0.15, 0.2) is 0 Å². The van der Waals surface area contributed by atoms with Crippen LogP contribution in [0.5, 0.6) is 0 Å². The van der Waals surface area contributed by atoms with E-state index in [4.69, 9.17) is 34.8 Å². The van der Waals surface area contributed by atoms with Crippen molar-refractivity contribution in [3.8, 4) is 0 Å². The second-order valence-corrected chi connectivity index (χ2v) is 6.96. The van der Waals surface area contributed by atoms with Crippen LogP contribution in [0.1, 0.15) is 13.8 Å². The van der Waals surface area contributed by atoms with Crippen LogP contribution in [0.15, 0.2) is 24.3 Å². The Hall–Kier alpha value is -1.24. The minimum absolute atomic E-state index is 0.113. The number of alkyl halides is 3. The summed E-state index contributed by atoms with van der Waals surface area (Å²) in [6, 6.07) is 5.67. The van der Waals surface area contributed by atoms with Gasteiger partial charge in [-0.05, 0) is 6.07 Å². The van der Waals surface area contributed by atoms with E-state index in [0.717, 1.165) is 0 Å². The van der Waals surface area contributed by atoms with E-state index >= 15 is 0 Å². The zero-order valence-electron chi connectivity index (χ0n) is 11.3. The number of nitro benzene ring substituents is 1. The fourth-order valence-electron chi connectivity index (χ4n) is 1.38. The second kappa shape index (κ2) is 7.15. The smallest absolute Gasteiger partial charge is 0.271 e. The van der Waals surface area contributed by atoms with E-state index in [1.165, 1.54) is 18.2 Å². The quantitative estimate of drug-likeness (QED) is 0.367. The van der Waals surface area contributed by atoms with Crippen molar-refractivity contribution in [2.24, 2.45) is 5.92 Å². The molecule has 1 amide bonds. The van der Waals surface area contributed by atoms with E-state index in [1.54, 1.807) is 19.9 Å². The molecule has 1 rings (SSSR count). The van der Waals surface area contributed by atoms with Gasteiger partial charge in [-0.15, -0.1) is 0 Å². The largest absolute Gasteiger partial charge is 0.362 e. The summed E-state index contributed by atoms with van der Waals surface area (Å²) in [5.41, 5.74) is 0.239. The van der Waals surface area contributed by atoms with Crippen molar-refractivity contribution in [3.05, 3.63) is 34.4 Å². The van der Waals surface area contributed by atoms with Crippen LogP contribution in [0.4, 0.5) is 11.4 Å². The first kappa shape index (κ1) is 17.8. The van der Waals surface area contributed by atoms with Gasteiger partial charge in [0, 0.05) is 23.7 Å². The van der Waals surface area contributed by atoms with Crippen LogP contribution in [0, 0.1) is 16.0 Å². The van der Waals surface area contributed by atoms with Gasteiger partial charge >= 0.3 is 0 Å². The van der Waals surface area contributed by atoms with E-state index in [-0.39, 0.29) is 17.5 Å². The molecular formula is C12H14Cl3N3O3. The fraction of sp³-hybridized carbons (Fsp3) is 0.417. The molecule has 0 aromatic heterocycles. The molecule has 1 atom stereocenters. The number of anilines is 1. The molecule has 0 saturated heterocycles. The molecule has 0 heterocycles. The summed E-state index contributed by atoms with van der Waals surface area (Å²) in [7, 11) is 0. The Morgan fingerprint density at radius 1 is 1.33 bits per heavy atom. The summed E-state index contributed by atoms with van der Waals surface area (Å²) < 4.78 is -1.82. The van der Waals surface area contributed by atoms with Crippen LogP contribution in [0.25, 0.3) is 0 Å². The number of carbonyl (C=O) groups is 1. The number of non-ortho nitro benzene ring substituents is 1. The third-order valence-electron chi connectivity index (χ3n) is 2.51. The van der Waals surface area contributed by atoms with Gasteiger partial charge in [0.2, 0.25) is 9.70 Å². The number of benzene rings is 1. The van der Waals surface area contributed by atoms with Crippen LogP contribution in [0.3, 0.4) is 0 Å². The number of nitrogens with zero attached hydrogens (tertiary/aromatic N) is 1. The Labute approximate surface area is 136 Å². The number of hydrogen-bond donors (Lipinski definition) is 2. The molecule has 0 radical (unpaired) electrons. The van der Waals surface area contributed by atoms with Crippen LogP contribution >= 0.6 is 34.8 Å². The number of carbonyl (C=O) groups excluding carboxylic acids is 1. The number of hydrogen-bond acceptors (Lipinski definition) is 4. The molecule has 6 nitrogen and oxygen atoms in total. The maximum Gasteiger partial charge on any atom is 0.271 e. The summed E-state index contributed by atoms with van der Waals surface area (Å²) >= 11 is 17.5. The molecule has 1 aromatic rings. The molecule has 0 aliphatic rings. The molecule has 0 unspecified atom stereocenters. The van der Waals surface area contributed by atoms with Crippen molar-refractivity contribution in [2.75, 3.05) is 5.32 Å². The molecule has 2 N–H and O–H groups in total. The Balaban J connectivity index is 2.94. The number of nitro groups is 1. The van der Waals surface area contributed by atoms with Gasteiger partial charge in [0.25, 0.3) is 5.69 Å². The standard InChI is InChI=1S/C12H14Cl3N3O3/c1-7(2)10(19)17-11(12(13,14)15)16-8-4-3-5-9(6-8)18(20)21/h3-7,11,16H,1-2H3,(H,17,19)/t11-/m1/s1. The van der Waals surface area contributed by atoms with Gasteiger partial charge < -0.3 is 10.6 Å². The molecule has 0 spiro atoms. The first-order valence-corrected chi connectivity index (χ1v) is 7.12. The minimum Gasteiger partial charge on any atom is -0.362 e. The van der Waals surface area contributed by atoms with E-state index < -0.39 is 14.9 Å². The van der Waals surface area contributed by atoms with Crippen LogP contribution < -0.4 is 10.6 Å². The third-order valence-corrected chi connectivity index (χ3v) is 3.16. The molecule has 0 fully saturated rings. The van der Waals surface area contributed by atoms with Crippen molar-refractivity contribution in [1.82, 2.24) is 5.32 Å². The van der Waals surface area contributed by atoms with Crippen molar-refractivity contribution in [1.29, 1.82) is 0 Å². The lowest BCUT2D eigenvalue weighted by molar-refractivity contribution is -0.384. The van der Waals surface area contributed by atoms with Crippen molar-refractivity contribution in [2.45, 2.75) is 23.8 Å². The Morgan fingerprint density at radius 2 is 1.95 bits per heavy atom. The summed E-state index contributed by atoms with van der Waals surface area (Å²) in [6.07, 6.45) is -1.03. The van der Waals surface area contributed by atoms with Gasteiger partial charge in [-0.3, -0.25) is 14.9 Å². The molecule has 116 valence electrons. The SMILES string of the molecule is CC(C)C(=O)N[C@@H](Nc1cccc([N+](=O)[O-])c1)C(Cl)(Cl)Cl. The topological polar surface area (TPSA) is 84.3 Å². The molecule has 0 saturated carbocycles. The van der Waals surface area contributed by atoms with Crippen LogP contribution in [-0.4, -0.2) is 20.8 Å². The van der Waals surface area contributed by atoms with Crippen molar-refractivity contribution >= 4 is 52.1 Å². The van der Waals surface area contributed by atoms with Crippen molar-refractivity contribution < 1.29 is 9.72 Å². The highest BCUT2D eigenvalue weighted by Gasteiger charge is 2.34. The average Bonchev–Trinajstić information content (AvgIpc) is 2.36. The molecule has 0 aliphatic carbocycles. The summed E-state index contributed by atoms with van der Waals surface area (Å²) in [5.74, 6) is -0.615. The number of halogens is 3. The van der Waals surface area contributed by atoms with E-state index in [1.807, 2.05) is 0 Å². The molecule has 1 aromatic carbocycles. The number of nitrogens with one attached hydrogen (secondary N) is 2. The minimum atomic E-state index is -1.82. The zero-order chi connectivity index (χ0) is 16.2. The first-order valence-electron chi connectivity index (χ1n) is 5.99. The highest BCUT2D eigenvalue weighted by atomic mass is 35.6. The van der Waals surface area contributed by atoms with Gasteiger partial charge in [0.1, 0.15) is 6.17 Å². The van der Waals surface area contributed by atoms with Gasteiger partial charge in [-0.25, -0.2) is 0 Å². The van der Waals surface area contributed by atoms with Crippen LogP contribution in [-0.2, 0) is 4.79 Å². The van der Waals surface area contributed by atoms with Gasteiger partial charge in [-0.2, -0.15) is 0 Å². The Kier molecular flexibility index (Phi) is 6.07. The Bertz CT molecular complexity index is 532. The average molecular weight is 355 g/mol. The fourth-order valence-corrected chi connectivity index (χ4v) is 1.71. The summed E-state index contributed by atoms with van der Waals surface area (Å²) in [6.45, 7) is 3.39. The number of amides is 1. The maximum atomic E-state index is 11.7. The van der Waals surface area contributed by atoms with Crippen molar-refractivity contribution in [3.63, 3.8) is 0 Å². The Morgan fingerprint density at radius 3 is 2.43 bits per heavy atom. The molecular weight excluding hydrogens is 341 g/mol. The molecule has 9 heteroatoms. The highest BCUT2D eigenvalue weighted by molar-refractivity contribution is 6.68. The zero-order valence-corrected chi connectivity index (χ0v) is 13.5. The second-order valence-electron chi connectivity index (χ2n) is 4.59. The van der Waals surface area contributed by atoms with E-state index in [9.17, 15) is 14.9 Å². The normalized spacial score (nSPS) is 12.9. The molecule has 21 heavy (non-hydrogen) atoms. The van der Waals surface area contributed by atoms with Gasteiger partial charge in [-0.1, -0.05) is 54.7 Å². The summed E-state index contributed by atoms with van der Waals surface area (Å²) in [5, 5.41) is 16.0. The monoisotopic (exact) mass is 353 g/mol. The molecule has 0 bridgehead atoms. The summed E-state index contributed by atoms with van der Waals surface area (Å²) in [4.78, 5) is 21.9. The predicted molar refractivity (Wildman–Crippen MR) is 83.8 cm³/mol. The van der Waals surface area contributed by atoms with E-state index in [0.29, 0.717) is 5.69 Å².